The SMILES string of the molecule is CC(CO)N(C)c1cccc(C(=N)N)n1. The van der Waals surface area contributed by atoms with E-state index in [2.05, 4.69) is 4.98 Å². The van der Waals surface area contributed by atoms with Gasteiger partial charge in [0.2, 0.25) is 0 Å². The Labute approximate surface area is 89.1 Å². The summed E-state index contributed by atoms with van der Waals surface area (Å²) in [5.74, 6) is 0.645. The summed E-state index contributed by atoms with van der Waals surface area (Å²) >= 11 is 0. The number of rotatable bonds is 4. The second-order valence-corrected chi connectivity index (χ2v) is 3.44. The molecule has 5 heteroatoms. The fourth-order valence-corrected chi connectivity index (χ4v) is 1.12. The number of likely N-dealkylation sites (N-methyl/N-ethyl adjacent to an activating group) is 1. The standard InChI is InChI=1S/C10H16N4O/c1-7(6-15)14(2)9-5-3-4-8(13-9)10(11)12/h3-5,7,15H,6H2,1-2H3,(H3,11,12). The molecule has 4 N–H and O–H groups in total. The molecule has 0 aliphatic carbocycles. The third kappa shape index (κ3) is 2.66. The molecule has 0 aliphatic heterocycles. The largest absolute Gasteiger partial charge is 0.394 e. The zero-order valence-corrected chi connectivity index (χ0v) is 8.94. The maximum absolute atomic E-state index is 9.01. The summed E-state index contributed by atoms with van der Waals surface area (Å²) in [6.07, 6.45) is 0. The zero-order chi connectivity index (χ0) is 11.4. The van der Waals surface area contributed by atoms with Gasteiger partial charge in [-0.3, -0.25) is 5.41 Å². The second-order valence-electron chi connectivity index (χ2n) is 3.44. The Hall–Kier alpha value is -1.62. The molecule has 1 aromatic heterocycles. The molecule has 0 amide bonds. The molecule has 0 aliphatic rings. The number of nitrogens with one attached hydrogen (secondary N) is 1. The van der Waals surface area contributed by atoms with E-state index < -0.39 is 0 Å². The zero-order valence-electron chi connectivity index (χ0n) is 8.94. The normalized spacial score (nSPS) is 12.2. The fraction of sp³-hybridized carbons (Fsp3) is 0.400. The van der Waals surface area contributed by atoms with Gasteiger partial charge in [-0.15, -0.1) is 0 Å². The summed E-state index contributed by atoms with van der Waals surface area (Å²) in [6, 6.07) is 5.28. The van der Waals surface area contributed by atoms with Crippen molar-refractivity contribution in [3.8, 4) is 0 Å². The molecule has 0 spiro atoms. The second kappa shape index (κ2) is 4.75. The van der Waals surface area contributed by atoms with Gasteiger partial charge in [0.05, 0.1) is 12.6 Å². The minimum atomic E-state index is -0.0538. The molecule has 1 aromatic rings. The number of anilines is 1. The molecule has 0 saturated heterocycles. The minimum absolute atomic E-state index is 0.0142. The molecule has 0 bridgehead atoms. The highest BCUT2D eigenvalue weighted by molar-refractivity contribution is 5.93. The highest BCUT2D eigenvalue weighted by Crippen LogP contribution is 2.12. The lowest BCUT2D eigenvalue weighted by atomic mass is 10.3. The van der Waals surface area contributed by atoms with E-state index >= 15 is 0 Å². The van der Waals surface area contributed by atoms with E-state index in [0.717, 1.165) is 0 Å². The first kappa shape index (κ1) is 11.5. The molecule has 1 unspecified atom stereocenters. The van der Waals surface area contributed by atoms with Crippen molar-refractivity contribution in [2.45, 2.75) is 13.0 Å². The van der Waals surface area contributed by atoms with Crippen molar-refractivity contribution in [1.82, 2.24) is 4.98 Å². The minimum Gasteiger partial charge on any atom is -0.394 e. The van der Waals surface area contributed by atoms with Crippen molar-refractivity contribution in [1.29, 1.82) is 5.41 Å². The van der Waals surface area contributed by atoms with E-state index in [0.29, 0.717) is 11.5 Å². The highest BCUT2D eigenvalue weighted by Gasteiger charge is 2.10. The van der Waals surface area contributed by atoms with Crippen LogP contribution in [-0.2, 0) is 0 Å². The van der Waals surface area contributed by atoms with Crippen LogP contribution in [0.15, 0.2) is 18.2 Å². The molecule has 0 radical (unpaired) electrons. The number of aliphatic hydroxyl groups excluding tert-OH is 1. The van der Waals surface area contributed by atoms with E-state index in [1.165, 1.54) is 0 Å². The topological polar surface area (TPSA) is 86.2 Å². The fourth-order valence-electron chi connectivity index (χ4n) is 1.12. The Balaban J connectivity index is 2.94. The number of nitrogens with zero attached hydrogens (tertiary/aromatic N) is 2. The van der Waals surface area contributed by atoms with Gasteiger partial charge >= 0.3 is 0 Å². The van der Waals surface area contributed by atoms with Crippen LogP contribution in [0.5, 0.6) is 0 Å². The smallest absolute Gasteiger partial charge is 0.141 e. The number of nitrogens with two attached hydrogens (primary N) is 1. The van der Waals surface area contributed by atoms with Gasteiger partial charge in [0, 0.05) is 7.05 Å². The summed E-state index contributed by atoms with van der Waals surface area (Å²) in [5, 5.41) is 16.3. The Morgan fingerprint density at radius 3 is 2.87 bits per heavy atom. The van der Waals surface area contributed by atoms with Crippen molar-refractivity contribution in [2.75, 3.05) is 18.6 Å². The van der Waals surface area contributed by atoms with Crippen LogP contribution in [0, 0.1) is 5.41 Å². The first-order valence-corrected chi connectivity index (χ1v) is 4.71. The molecular formula is C10H16N4O. The predicted molar refractivity (Wildman–Crippen MR) is 60.2 cm³/mol. The van der Waals surface area contributed by atoms with E-state index in [1.54, 1.807) is 12.1 Å². The van der Waals surface area contributed by atoms with Crippen LogP contribution in [0.3, 0.4) is 0 Å². The quantitative estimate of drug-likeness (QED) is 0.486. The number of amidine groups is 1. The monoisotopic (exact) mass is 208 g/mol. The van der Waals surface area contributed by atoms with Crippen LogP contribution >= 0.6 is 0 Å². The molecular weight excluding hydrogens is 192 g/mol. The number of hydrogen-bond donors (Lipinski definition) is 3. The van der Waals surface area contributed by atoms with Gasteiger partial charge in [-0.1, -0.05) is 6.07 Å². The van der Waals surface area contributed by atoms with Crippen LogP contribution in [-0.4, -0.2) is 35.6 Å². The molecule has 82 valence electrons. The summed E-state index contributed by atoms with van der Waals surface area (Å²) in [5.41, 5.74) is 5.79. The number of aromatic nitrogens is 1. The predicted octanol–water partition coefficient (Wildman–Crippen LogP) is 0.183. The lowest BCUT2D eigenvalue weighted by Gasteiger charge is -2.24. The Kier molecular flexibility index (Phi) is 3.62. The summed E-state index contributed by atoms with van der Waals surface area (Å²) < 4.78 is 0. The van der Waals surface area contributed by atoms with Gasteiger partial charge < -0.3 is 15.7 Å². The number of hydrogen-bond acceptors (Lipinski definition) is 4. The Morgan fingerprint density at radius 2 is 2.33 bits per heavy atom. The molecule has 15 heavy (non-hydrogen) atoms. The summed E-state index contributed by atoms with van der Waals surface area (Å²) in [6.45, 7) is 1.95. The number of aliphatic hydroxyl groups is 1. The molecule has 0 aromatic carbocycles. The van der Waals surface area contributed by atoms with Crippen molar-refractivity contribution < 1.29 is 5.11 Å². The molecule has 0 fully saturated rings. The molecule has 1 atom stereocenters. The highest BCUT2D eigenvalue weighted by atomic mass is 16.3. The lowest BCUT2D eigenvalue weighted by Crippen LogP contribution is -2.32. The molecule has 1 heterocycles. The van der Waals surface area contributed by atoms with Crippen LogP contribution in [0.2, 0.25) is 0 Å². The first-order valence-electron chi connectivity index (χ1n) is 4.71. The Bertz CT molecular complexity index is 353. The van der Waals surface area contributed by atoms with E-state index in [9.17, 15) is 0 Å². The summed E-state index contributed by atoms with van der Waals surface area (Å²) in [7, 11) is 1.84. The van der Waals surface area contributed by atoms with Crippen molar-refractivity contribution in [2.24, 2.45) is 5.73 Å². The average molecular weight is 208 g/mol. The summed E-state index contributed by atoms with van der Waals surface area (Å²) in [4.78, 5) is 6.05. The van der Waals surface area contributed by atoms with Crippen molar-refractivity contribution in [3.05, 3.63) is 23.9 Å². The molecule has 5 nitrogen and oxygen atoms in total. The van der Waals surface area contributed by atoms with Gasteiger partial charge in [-0.2, -0.15) is 0 Å². The van der Waals surface area contributed by atoms with Crippen LogP contribution in [0.4, 0.5) is 5.82 Å². The third-order valence-electron chi connectivity index (χ3n) is 2.30. The average Bonchev–Trinajstić information content (AvgIpc) is 2.27. The van der Waals surface area contributed by atoms with Crippen LogP contribution in [0.25, 0.3) is 0 Å². The first-order chi connectivity index (χ1) is 7.06. The van der Waals surface area contributed by atoms with Gasteiger partial charge in [-0.05, 0) is 19.1 Å². The molecule has 1 rings (SSSR count). The number of pyridine rings is 1. The maximum Gasteiger partial charge on any atom is 0.141 e. The van der Waals surface area contributed by atoms with Gasteiger partial charge in [0.25, 0.3) is 0 Å². The Morgan fingerprint density at radius 1 is 1.67 bits per heavy atom. The number of nitrogen functional groups attached to an aromatic ring is 1. The van der Waals surface area contributed by atoms with Gasteiger partial charge in [-0.25, -0.2) is 4.98 Å². The van der Waals surface area contributed by atoms with Gasteiger partial charge in [0.1, 0.15) is 17.3 Å². The van der Waals surface area contributed by atoms with Crippen LogP contribution in [0.1, 0.15) is 12.6 Å². The third-order valence-corrected chi connectivity index (χ3v) is 2.30. The van der Waals surface area contributed by atoms with E-state index in [1.807, 2.05) is 24.9 Å². The lowest BCUT2D eigenvalue weighted by molar-refractivity contribution is 0.270. The van der Waals surface area contributed by atoms with E-state index in [-0.39, 0.29) is 18.5 Å². The van der Waals surface area contributed by atoms with Crippen molar-refractivity contribution in [3.63, 3.8) is 0 Å². The van der Waals surface area contributed by atoms with E-state index in [4.69, 9.17) is 16.2 Å². The maximum atomic E-state index is 9.01. The van der Waals surface area contributed by atoms with Crippen molar-refractivity contribution >= 4 is 11.7 Å². The van der Waals surface area contributed by atoms with Gasteiger partial charge in [0.15, 0.2) is 0 Å². The molecule has 0 saturated carbocycles. The van der Waals surface area contributed by atoms with Crippen LogP contribution < -0.4 is 10.6 Å².